The molecule has 1 amide bonds. The van der Waals surface area contributed by atoms with Crippen LogP contribution in [0, 0.1) is 13.8 Å². The summed E-state index contributed by atoms with van der Waals surface area (Å²) in [5.74, 6) is -0.644. The summed E-state index contributed by atoms with van der Waals surface area (Å²) in [6, 6.07) is 16.2. The molecular formula is C23H23ClN2O4S. The van der Waals surface area contributed by atoms with E-state index >= 15 is 0 Å². The molecule has 31 heavy (non-hydrogen) atoms. The largest absolute Gasteiger partial charge is 0.506 e. The summed E-state index contributed by atoms with van der Waals surface area (Å²) in [6.45, 7) is 5.29. The molecule has 3 N–H and O–H groups in total. The van der Waals surface area contributed by atoms with Gasteiger partial charge < -0.3 is 15.7 Å². The number of phenols is 1. The average Bonchev–Trinajstić information content (AvgIpc) is 2.72. The normalized spacial score (nSPS) is 12.3. The van der Waals surface area contributed by atoms with Gasteiger partial charge >= 0.3 is 0 Å². The van der Waals surface area contributed by atoms with Crippen LogP contribution < -0.4 is 10.6 Å². The van der Waals surface area contributed by atoms with Crippen LogP contribution in [-0.4, -0.2) is 24.8 Å². The van der Waals surface area contributed by atoms with E-state index in [0.717, 1.165) is 11.1 Å². The number of nitrogens with one attached hydrogen (secondary N) is 2. The van der Waals surface area contributed by atoms with Gasteiger partial charge in [-0.15, -0.1) is 0 Å². The van der Waals surface area contributed by atoms with Crippen molar-refractivity contribution in [3.05, 3.63) is 82.4 Å². The van der Waals surface area contributed by atoms with E-state index in [1.54, 1.807) is 36.4 Å². The number of phenolic OH excluding ortho intramolecular Hbond substituents is 1. The van der Waals surface area contributed by atoms with E-state index < -0.39 is 21.1 Å². The van der Waals surface area contributed by atoms with E-state index in [0.29, 0.717) is 5.56 Å². The van der Waals surface area contributed by atoms with Crippen LogP contribution in [0.15, 0.2) is 65.6 Å². The molecule has 162 valence electrons. The van der Waals surface area contributed by atoms with Crippen LogP contribution in [0.2, 0.25) is 5.02 Å². The van der Waals surface area contributed by atoms with Crippen molar-refractivity contribution < 1.29 is 18.3 Å². The molecule has 0 aromatic heterocycles. The molecule has 3 rings (SSSR count). The molecule has 1 atom stereocenters. The van der Waals surface area contributed by atoms with Crippen molar-refractivity contribution in [3.8, 4) is 5.75 Å². The standard InChI is InChI=1S/C23H23ClN2O4S/c1-14-4-8-17(9-5-14)23(28)26-21-12-19(24)20(13-22(21)27)25-16(3)31(29,30)18-10-6-15(2)7-11-18/h4-13,16,25,27H,1-3H3,(H,26,28). The second kappa shape index (κ2) is 8.99. The van der Waals surface area contributed by atoms with Gasteiger partial charge in [0, 0.05) is 11.6 Å². The SMILES string of the molecule is Cc1ccc(C(=O)Nc2cc(Cl)c(NC(C)S(=O)(=O)c3ccc(C)cc3)cc2O)cc1. The summed E-state index contributed by atoms with van der Waals surface area (Å²) in [5.41, 5.74) is 2.76. The molecule has 6 nitrogen and oxygen atoms in total. The molecule has 3 aromatic carbocycles. The molecular weight excluding hydrogens is 436 g/mol. The molecule has 1 unspecified atom stereocenters. The molecule has 0 radical (unpaired) electrons. The Morgan fingerprint density at radius 3 is 2.06 bits per heavy atom. The van der Waals surface area contributed by atoms with Crippen LogP contribution in [0.5, 0.6) is 5.75 Å². The van der Waals surface area contributed by atoms with Crippen LogP contribution in [0.25, 0.3) is 0 Å². The van der Waals surface area contributed by atoms with E-state index in [2.05, 4.69) is 10.6 Å². The Morgan fingerprint density at radius 1 is 0.935 bits per heavy atom. The van der Waals surface area contributed by atoms with E-state index in [9.17, 15) is 18.3 Å². The highest BCUT2D eigenvalue weighted by atomic mass is 35.5. The average molecular weight is 459 g/mol. The lowest BCUT2D eigenvalue weighted by Gasteiger charge is -2.18. The molecule has 0 bridgehead atoms. The Balaban J connectivity index is 1.79. The van der Waals surface area contributed by atoms with Gasteiger partial charge in [0.05, 0.1) is 21.3 Å². The lowest BCUT2D eigenvalue weighted by molar-refractivity contribution is 0.102. The van der Waals surface area contributed by atoms with Gasteiger partial charge in [0.25, 0.3) is 5.91 Å². The quantitative estimate of drug-likeness (QED) is 0.444. The molecule has 0 fully saturated rings. The lowest BCUT2D eigenvalue weighted by Crippen LogP contribution is -2.26. The van der Waals surface area contributed by atoms with Gasteiger partial charge in [0.2, 0.25) is 0 Å². The highest BCUT2D eigenvalue weighted by Gasteiger charge is 2.24. The minimum atomic E-state index is -3.67. The first-order valence-corrected chi connectivity index (χ1v) is 11.5. The van der Waals surface area contributed by atoms with Gasteiger partial charge in [-0.3, -0.25) is 4.79 Å². The van der Waals surface area contributed by atoms with Crippen molar-refractivity contribution in [3.63, 3.8) is 0 Å². The van der Waals surface area contributed by atoms with Gasteiger partial charge in [-0.25, -0.2) is 8.42 Å². The van der Waals surface area contributed by atoms with Crippen molar-refractivity contribution in [2.75, 3.05) is 10.6 Å². The zero-order valence-corrected chi connectivity index (χ0v) is 18.9. The Morgan fingerprint density at radius 2 is 1.48 bits per heavy atom. The summed E-state index contributed by atoms with van der Waals surface area (Å²) < 4.78 is 25.6. The Bertz CT molecular complexity index is 1210. The second-order valence-electron chi connectivity index (χ2n) is 7.31. The molecule has 0 saturated carbocycles. The predicted octanol–water partition coefficient (Wildman–Crippen LogP) is 5.15. The molecule has 0 spiro atoms. The van der Waals surface area contributed by atoms with Crippen molar-refractivity contribution in [2.45, 2.75) is 31.0 Å². The zero-order chi connectivity index (χ0) is 22.8. The summed E-state index contributed by atoms with van der Waals surface area (Å²) in [7, 11) is -3.67. The highest BCUT2D eigenvalue weighted by molar-refractivity contribution is 7.92. The number of rotatable bonds is 6. The first-order chi connectivity index (χ1) is 14.6. The van der Waals surface area contributed by atoms with Crippen LogP contribution >= 0.6 is 11.6 Å². The highest BCUT2D eigenvalue weighted by Crippen LogP contribution is 2.35. The van der Waals surface area contributed by atoms with E-state index in [-0.39, 0.29) is 27.0 Å². The number of carbonyl (C=O) groups is 1. The van der Waals surface area contributed by atoms with Gasteiger partial charge in [0.1, 0.15) is 11.1 Å². The Kier molecular flexibility index (Phi) is 6.57. The summed E-state index contributed by atoms with van der Waals surface area (Å²) in [5, 5.41) is 15.0. The maximum Gasteiger partial charge on any atom is 0.255 e. The minimum Gasteiger partial charge on any atom is -0.506 e. The topological polar surface area (TPSA) is 95.5 Å². The van der Waals surface area contributed by atoms with Crippen LogP contribution in [0.4, 0.5) is 11.4 Å². The summed E-state index contributed by atoms with van der Waals surface area (Å²) >= 11 is 6.29. The molecule has 3 aromatic rings. The Hall–Kier alpha value is -3.03. The number of hydrogen-bond donors (Lipinski definition) is 3. The number of benzene rings is 3. The first kappa shape index (κ1) is 22.7. The van der Waals surface area contributed by atoms with Crippen LogP contribution in [-0.2, 0) is 9.84 Å². The van der Waals surface area contributed by atoms with Crippen LogP contribution in [0.1, 0.15) is 28.4 Å². The number of sulfone groups is 1. The van der Waals surface area contributed by atoms with Gasteiger partial charge in [-0.1, -0.05) is 47.0 Å². The lowest BCUT2D eigenvalue weighted by atomic mass is 10.1. The van der Waals surface area contributed by atoms with Gasteiger partial charge in [0.15, 0.2) is 9.84 Å². The third-order valence-corrected chi connectivity index (χ3v) is 7.11. The number of amides is 1. The summed E-state index contributed by atoms with van der Waals surface area (Å²) in [4.78, 5) is 12.6. The predicted molar refractivity (Wildman–Crippen MR) is 124 cm³/mol. The monoisotopic (exact) mass is 458 g/mol. The number of aryl methyl sites for hydroxylation is 2. The summed E-state index contributed by atoms with van der Waals surface area (Å²) in [6.07, 6.45) is 0. The third-order valence-electron chi connectivity index (χ3n) is 4.82. The van der Waals surface area contributed by atoms with E-state index in [1.807, 2.05) is 26.0 Å². The fraction of sp³-hybridized carbons (Fsp3) is 0.174. The minimum absolute atomic E-state index is 0.121. The maximum absolute atomic E-state index is 12.8. The zero-order valence-electron chi connectivity index (χ0n) is 17.3. The molecule has 8 heteroatoms. The number of halogens is 1. The third kappa shape index (κ3) is 5.18. The Labute approximate surface area is 186 Å². The fourth-order valence-corrected chi connectivity index (χ4v) is 4.32. The van der Waals surface area contributed by atoms with Crippen molar-refractivity contribution >= 4 is 38.7 Å². The number of carbonyl (C=O) groups excluding carboxylic acids is 1. The first-order valence-electron chi connectivity index (χ1n) is 9.55. The van der Waals surface area contributed by atoms with Gasteiger partial charge in [-0.2, -0.15) is 0 Å². The molecule has 0 heterocycles. The molecule has 0 saturated heterocycles. The fourth-order valence-electron chi connectivity index (χ4n) is 2.90. The molecule has 0 aliphatic heterocycles. The van der Waals surface area contributed by atoms with Crippen molar-refractivity contribution in [1.29, 1.82) is 0 Å². The second-order valence-corrected chi connectivity index (χ2v) is 9.99. The number of aromatic hydroxyl groups is 1. The van der Waals surface area contributed by atoms with Crippen molar-refractivity contribution in [1.82, 2.24) is 0 Å². The van der Waals surface area contributed by atoms with E-state index in [1.165, 1.54) is 19.1 Å². The van der Waals surface area contributed by atoms with Gasteiger partial charge in [-0.05, 0) is 51.1 Å². The number of anilines is 2. The van der Waals surface area contributed by atoms with Crippen molar-refractivity contribution in [2.24, 2.45) is 0 Å². The van der Waals surface area contributed by atoms with E-state index in [4.69, 9.17) is 11.6 Å². The van der Waals surface area contributed by atoms with Crippen LogP contribution in [0.3, 0.4) is 0 Å². The molecule has 0 aliphatic rings. The maximum atomic E-state index is 12.8. The number of hydrogen-bond acceptors (Lipinski definition) is 5. The molecule has 0 aliphatic carbocycles. The smallest absolute Gasteiger partial charge is 0.255 e.